The van der Waals surface area contributed by atoms with E-state index >= 15 is 0 Å². The first kappa shape index (κ1) is 19.0. The van der Waals surface area contributed by atoms with Gasteiger partial charge in [-0.2, -0.15) is 0 Å². The Morgan fingerprint density at radius 2 is 1.96 bits per heavy atom. The van der Waals surface area contributed by atoms with Crippen LogP contribution in [0.1, 0.15) is 10.6 Å². The van der Waals surface area contributed by atoms with Crippen molar-refractivity contribution >= 4 is 39.1 Å². The van der Waals surface area contributed by atoms with Gasteiger partial charge in [0.1, 0.15) is 5.75 Å². The molecule has 4 rings (SSSR count). The van der Waals surface area contributed by atoms with Crippen LogP contribution in [0.15, 0.2) is 39.4 Å². The third kappa shape index (κ3) is 4.21. The molecule has 3 heterocycles. The number of morpholine rings is 1. The highest BCUT2D eigenvalue weighted by molar-refractivity contribution is 9.10. The molecule has 0 radical (unpaired) electrons. The number of anilines is 2. The molecule has 1 aromatic carbocycles. The van der Waals surface area contributed by atoms with Crippen LogP contribution in [0.2, 0.25) is 0 Å². The molecule has 8 nitrogen and oxygen atoms in total. The Morgan fingerprint density at radius 3 is 2.71 bits per heavy atom. The zero-order chi connectivity index (χ0) is 19.5. The Balaban J connectivity index is 1.45. The first-order valence-electron chi connectivity index (χ1n) is 9.04. The van der Waals surface area contributed by atoms with Crippen molar-refractivity contribution in [2.45, 2.75) is 0 Å². The van der Waals surface area contributed by atoms with E-state index in [9.17, 15) is 9.59 Å². The Labute approximate surface area is 170 Å². The fourth-order valence-electron chi connectivity index (χ4n) is 3.22. The van der Waals surface area contributed by atoms with Gasteiger partial charge < -0.3 is 24.1 Å². The van der Waals surface area contributed by atoms with Crippen LogP contribution in [0.25, 0.3) is 0 Å². The van der Waals surface area contributed by atoms with Gasteiger partial charge in [0, 0.05) is 37.9 Å². The van der Waals surface area contributed by atoms with Crippen LogP contribution in [0, 0.1) is 0 Å². The Kier molecular flexibility index (Phi) is 5.65. The van der Waals surface area contributed by atoms with Gasteiger partial charge in [0.05, 0.1) is 18.9 Å². The number of furan rings is 1. The third-order valence-electron chi connectivity index (χ3n) is 4.70. The summed E-state index contributed by atoms with van der Waals surface area (Å²) in [7, 11) is 0. The van der Waals surface area contributed by atoms with E-state index in [1.165, 1.54) is 0 Å². The molecule has 2 amide bonds. The van der Waals surface area contributed by atoms with Gasteiger partial charge in [0.2, 0.25) is 0 Å². The number of hydrogen-bond acceptors (Lipinski definition) is 6. The normalized spacial score (nSPS) is 17.2. The molecule has 0 bridgehead atoms. The summed E-state index contributed by atoms with van der Waals surface area (Å²) in [5, 5.41) is 2.77. The summed E-state index contributed by atoms with van der Waals surface area (Å²) in [5.74, 6) is 0.340. The summed E-state index contributed by atoms with van der Waals surface area (Å²) in [6.45, 7) is 4.55. The van der Waals surface area contributed by atoms with Crippen LogP contribution in [0.4, 0.5) is 11.4 Å². The number of amides is 2. The van der Waals surface area contributed by atoms with E-state index in [0.717, 1.165) is 32.8 Å². The predicted octanol–water partition coefficient (Wildman–Crippen LogP) is 2.35. The van der Waals surface area contributed by atoms with Crippen molar-refractivity contribution in [2.75, 3.05) is 56.2 Å². The number of fused-ring (bicyclic) bond motifs is 1. The molecule has 0 atom stereocenters. The number of nitrogens with zero attached hydrogens (tertiary/aromatic N) is 2. The minimum absolute atomic E-state index is 0.0152. The third-order valence-corrected chi connectivity index (χ3v) is 5.13. The smallest absolute Gasteiger partial charge is 0.291 e. The number of carbonyl (C=O) groups is 2. The molecule has 0 spiro atoms. The highest BCUT2D eigenvalue weighted by atomic mass is 79.9. The maximum absolute atomic E-state index is 12.4. The molecule has 0 saturated carbocycles. The number of halogens is 1. The van der Waals surface area contributed by atoms with E-state index in [4.69, 9.17) is 13.9 Å². The molecule has 2 aromatic rings. The fourth-order valence-corrected chi connectivity index (χ4v) is 3.53. The molecule has 1 saturated heterocycles. The number of ether oxygens (including phenoxy) is 2. The molecule has 1 N–H and O–H groups in total. The van der Waals surface area contributed by atoms with Crippen molar-refractivity contribution < 1.29 is 23.5 Å². The van der Waals surface area contributed by atoms with Crippen molar-refractivity contribution in [2.24, 2.45) is 0 Å². The maximum Gasteiger partial charge on any atom is 0.291 e. The first-order chi connectivity index (χ1) is 13.6. The standard InChI is InChI=1S/C19H20BrN3O5/c20-17-4-3-15(28-17)19(25)21-13-1-2-14-16(11-13)27-12-18(24)23(14)6-5-22-7-9-26-10-8-22/h1-4,11H,5-10,12H2,(H,21,25). The van der Waals surface area contributed by atoms with E-state index in [-0.39, 0.29) is 24.2 Å². The molecule has 0 unspecified atom stereocenters. The van der Waals surface area contributed by atoms with Crippen molar-refractivity contribution in [3.05, 3.63) is 40.8 Å². The SMILES string of the molecule is O=C(Nc1ccc2c(c1)OCC(=O)N2CCN1CCOCC1)c1ccc(Br)o1. The quantitative estimate of drug-likeness (QED) is 0.753. The lowest BCUT2D eigenvalue weighted by atomic mass is 10.2. The van der Waals surface area contributed by atoms with E-state index in [0.29, 0.717) is 28.3 Å². The molecule has 2 aliphatic rings. The van der Waals surface area contributed by atoms with Crippen molar-refractivity contribution in [3.63, 3.8) is 0 Å². The molecule has 0 aliphatic carbocycles. The van der Waals surface area contributed by atoms with E-state index in [1.807, 2.05) is 0 Å². The van der Waals surface area contributed by atoms with Crippen molar-refractivity contribution in [1.29, 1.82) is 0 Å². The Hall–Kier alpha value is -2.36. The molecular weight excluding hydrogens is 430 g/mol. The number of carbonyl (C=O) groups excluding carboxylic acids is 2. The summed E-state index contributed by atoms with van der Waals surface area (Å²) in [4.78, 5) is 28.6. The lowest BCUT2D eigenvalue weighted by molar-refractivity contribution is -0.121. The van der Waals surface area contributed by atoms with E-state index in [2.05, 4.69) is 26.1 Å². The number of benzene rings is 1. The molecule has 2 aliphatic heterocycles. The van der Waals surface area contributed by atoms with E-state index < -0.39 is 0 Å². The van der Waals surface area contributed by atoms with Gasteiger partial charge >= 0.3 is 0 Å². The molecule has 1 aromatic heterocycles. The first-order valence-corrected chi connectivity index (χ1v) is 9.83. The van der Waals surface area contributed by atoms with Gasteiger partial charge in [-0.1, -0.05) is 0 Å². The van der Waals surface area contributed by atoms with Crippen molar-refractivity contribution in [1.82, 2.24) is 4.90 Å². The van der Waals surface area contributed by atoms with Gasteiger partial charge in [-0.15, -0.1) is 0 Å². The van der Waals surface area contributed by atoms with Gasteiger partial charge in [-0.05, 0) is 40.2 Å². The zero-order valence-corrected chi connectivity index (χ0v) is 16.7. The van der Waals surface area contributed by atoms with Crippen LogP contribution in [-0.2, 0) is 9.53 Å². The Bertz CT molecular complexity index is 878. The Morgan fingerprint density at radius 1 is 1.14 bits per heavy atom. The van der Waals surface area contributed by atoms with Crippen LogP contribution in [-0.4, -0.2) is 62.7 Å². The van der Waals surface area contributed by atoms with Gasteiger partial charge in [-0.25, -0.2) is 0 Å². The summed E-state index contributed by atoms with van der Waals surface area (Å²) in [6.07, 6.45) is 0. The lowest BCUT2D eigenvalue weighted by Gasteiger charge is -2.33. The second kappa shape index (κ2) is 8.34. The molecular formula is C19H20BrN3O5. The maximum atomic E-state index is 12.4. The second-order valence-electron chi connectivity index (χ2n) is 6.53. The molecule has 9 heteroatoms. The average molecular weight is 450 g/mol. The van der Waals surface area contributed by atoms with Gasteiger partial charge in [0.25, 0.3) is 11.8 Å². The number of rotatable bonds is 5. The second-order valence-corrected chi connectivity index (χ2v) is 7.31. The fraction of sp³-hybridized carbons (Fsp3) is 0.368. The van der Waals surface area contributed by atoms with Crippen LogP contribution in [0.5, 0.6) is 5.75 Å². The number of hydrogen-bond donors (Lipinski definition) is 1. The summed E-state index contributed by atoms with van der Waals surface area (Å²) in [6, 6.07) is 8.50. The van der Waals surface area contributed by atoms with Gasteiger partial charge in [-0.3, -0.25) is 14.5 Å². The van der Waals surface area contributed by atoms with Gasteiger partial charge in [0.15, 0.2) is 17.0 Å². The van der Waals surface area contributed by atoms with Crippen LogP contribution < -0.4 is 15.0 Å². The van der Waals surface area contributed by atoms with Crippen LogP contribution in [0.3, 0.4) is 0 Å². The highest BCUT2D eigenvalue weighted by Gasteiger charge is 2.26. The minimum Gasteiger partial charge on any atom is -0.481 e. The highest BCUT2D eigenvalue weighted by Crippen LogP contribution is 2.34. The summed E-state index contributed by atoms with van der Waals surface area (Å²) in [5.41, 5.74) is 1.28. The predicted molar refractivity (Wildman–Crippen MR) is 106 cm³/mol. The molecule has 148 valence electrons. The monoisotopic (exact) mass is 449 g/mol. The number of nitrogens with one attached hydrogen (secondary N) is 1. The summed E-state index contributed by atoms with van der Waals surface area (Å²) < 4.78 is 16.7. The average Bonchev–Trinajstić information content (AvgIpc) is 3.15. The lowest BCUT2D eigenvalue weighted by Crippen LogP contribution is -2.45. The summed E-state index contributed by atoms with van der Waals surface area (Å²) >= 11 is 3.18. The zero-order valence-electron chi connectivity index (χ0n) is 15.2. The molecule has 1 fully saturated rings. The molecule has 28 heavy (non-hydrogen) atoms. The van der Waals surface area contributed by atoms with E-state index in [1.54, 1.807) is 35.2 Å². The minimum atomic E-state index is -0.360. The van der Waals surface area contributed by atoms with Crippen LogP contribution >= 0.6 is 15.9 Å². The largest absolute Gasteiger partial charge is 0.481 e. The topological polar surface area (TPSA) is 84.2 Å². The van der Waals surface area contributed by atoms with Crippen molar-refractivity contribution in [3.8, 4) is 5.75 Å².